The number of unbranched alkanes of at least 4 members (excludes halogenated alkanes) is 3. The normalized spacial score (nSPS) is 11.8. The molecule has 0 saturated carbocycles. The predicted molar refractivity (Wildman–Crippen MR) is 92.2 cm³/mol. The van der Waals surface area contributed by atoms with Crippen LogP contribution in [0.15, 0.2) is 28.7 Å². The Bertz CT molecular complexity index is 345. The lowest BCUT2D eigenvalue weighted by molar-refractivity contribution is 0.466. The molecule has 0 saturated heterocycles. The van der Waals surface area contributed by atoms with Crippen LogP contribution in [-0.4, -0.2) is 10.7 Å². The summed E-state index contributed by atoms with van der Waals surface area (Å²) in [7, 11) is 0. The van der Waals surface area contributed by atoms with Gasteiger partial charge >= 0.3 is 0 Å². The van der Waals surface area contributed by atoms with E-state index in [1.807, 2.05) is 0 Å². The molecule has 0 spiro atoms. The highest BCUT2D eigenvalue weighted by Crippen LogP contribution is 2.35. The summed E-state index contributed by atoms with van der Waals surface area (Å²) in [5.74, 6) is 0. The van der Waals surface area contributed by atoms with E-state index in [1.165, 1.54) is 42.1 Å². The number of rotatable bonds is 8. The van der Waals surface area contributed by atoms with E-state index in [-0.39, 0.29) is 5.41 Å². The van der Waals surface area contributed by atoms with E-state index < -0.39 is 0 Å². The van der Waals surface area contributed by atoms with Gasteiger partial charge in [0.1, 0.15) is 0 Å². The number of hydrogen-bond acceptors (Lipinski definition) is 0. The predicted octanol–water partition coefficient (Wildman–Crippen LogP) is 6.45. The summed E-state index contributed by atoms with van der Waals surface area (Å²) in [6, 6.07) is 8.72. The molecule has 0 aliphatic rings. The van der Waals surface area contributed by atoms with Crippen LogP contribution in [0.4, 0.5) is 0 Å². The summed E-state index contributed by atoms with van der Waals surface area (Å²) < 4.78 is 1.17. The Morgan fingerprint density at radius 1 is 1.06 bits per heavy atom. The molecule has 0 aliphatic heterocycles. The molecule has 0 atom stereocenters. The van der Waals surface area contributed by atoms with Gasteiger partial charge in [0, 0.05) is 20.5 Å². The number of hydrogen-bond donors (Lipinski definition) is 0. The Labute approximate surface area is 136 Å². The Morgan fingerprint density at radius 3 is 2.33 bits per heavy atom. The molecule has 0 amide bonds. The van der Waals surface area contributed by atoms with Crippen LogP contribution in [0.5, 0.6) is 0 Å². The van der Waals surface area contributed by atoms with Gasteiger partial charge in [0.15, 0.2) is 0 Å². The Hall–Kier alpha value is 0.660. The Balaban J connectivity index is 2.79. The van der Waals surface area contributed by atoms with Crippen molar-refractivity contribution in [1.29, 1.82) is 0 Å². The van der Waals surface area contributed by atoms with Gasteiger partial charge in [-0.05, 0) is 24.1 Å². The van der Waals surface area contributed by atoms with Crippen molar-refractivity contribution in [3.05, 3.63) is 34.3 Å². The summed E-state index contributed by atoms with van der Waals surface area (Å²) in [5, 5.41) is 2.02. The van der Waals surface area contributed by atoms with E-state index in [0.717, 1.165) is 10.7 Å². The van der Waals surface area contributed by atoms with Gasteiger partial charge < -0.3 is 0 Å². The molecule has 1 aromatic carbocycles. The molecule has 0 nitrogen and oxygen atoms in total. The molecule has 3 heteroatoms. The van der Waals surface area contributed by atoms with Crippen molar-refractivity contribution in [3.8, 4) is 0 Å². The quantitative estimate of drug-likeness (QED) is 0.322. The van der Waals surface area contributed by atoms with Crippen molar-refractivity contribution < 1.29 is 0 Å². The Kier molecular flexibility index (Phi) is 8.13. The molecule has 102 valence electrons. The zero-order chi connectivity index (χ0) is 13.4. The first-order valence-electron chi connectivity index (χ1n) is 6.56. The molecule has 0 bridgehead atoms. The van der Waals surface area contributed by atoms with Crippen molar-refractivity contribution in [2.24, 2.45) is 0 Å². The molecule has 0 N–H and O–H groups in total. The summed E-state index contributed by atoms with van der Waals surface area (Å²) in [6.45, 7) is 2.26. The second-order valence-corrected chi connectivity index (χ2v) is 6.91. The van der Waals surface area contributed by atoms with Crippen LogP contribution in [0.2, 0.25) is 0 Å². The van der Waals surface area contributed by atoms with E-state index >= 15 is 0 Å². The van der Waals surface area contributed by atoms with E-state index in [0.29, 0.717) is 0 Å². The fraction of sp³-hybridized carbons (Fsp3) is 0.600. The highest BCUT2D eigenvalue weighted by Gasteiger charge is 2.29. The van der Waals surface area contributed by atoms with Crippen molar-refractivity contribution in [1.82, 2.24) is 0 Å². The Morgan fingerprint density at radius 2 is 1.78 bits per heavy atom. The van der Waals surface area contributed by atoms with E-state index in [1.54, 1.807) is 0 Å². The molecule has 0 heterocycles. The molecular weight excluding hydrogens is 420 g/mol. The molecule has 1 aromatic rings. The SMILES string of the molecule is CCCCCCC(CBr)(CBr)c1cccc(Br)c1. The molecule has 1 rings (SSSR count). The van der Waals surface area contributed by atoms with Crippen molar-refractivity contribution in [2.45, 2.75) is 44.4 Å². The smallest absolute Gasteiger partial charge is 0.0178 e. The third-order valence-corrected chi connectivity index (χ3v) is 6.10. The molecule has 0 aliphatic carbocycles. The van der Waals surface area contributed by atoms with Gasteiger partial charge in [0.2, 0.25) is 0 Å². The highest BCUT2D eigenvalue weighted by atomic mass is 79.9. The maximum atomic E-state index is 3.72. The van der Waals surface area contributed by atoms with Crippen LogP contribution < -0.4 is 0 Å². The molecule has 0 aromatic heterocycles. The van der Waals surface area contributed by atoms with Crippen LogP contribution >= 0.6 is 47.8 Å². The van der Waals surface area contributed by atoms with Gasteiger partial charge in [0.25, 0.3) is 0 Å². The van der Waals surface area contributed by atoms with Gasteiger partial charge in [-0.1, -0.05) is 92.5 Å². The molecule has 0 radical (unpaired) electrons. The zero-order valence-corrected chi connectivity index (χ0v) is 15.7. The van der Waals surface area contributed by atoms with Crippen LogP contribution in [0, 0.1) is 0 Å². The molecule has 0 unspecified atom stereocenters. The van der Waals surface area contributed by atoms with Gasteiger partial charge in [-0.25, -0.2) is 0 Å². The van der Waals surface area contributed by atoms with Crippen molar-refractivity contribution in [3.63, 3.8) is 0 Å². The second kappa shape index (κ2) is 8.76. The fourth-order valence-electron chi connectivity index (χ4n) is 2.18. The van der Waals surface area contributed by atoms with Gasteiger partial charge in [0.05, 0.1) is 0 Å². The van der Waals surface area contributed by atoms with Gasteiger partial charge in [-0.3, -0.25) is 0 Å². The third kappa shape index (κ3) is 4.64. The van der Waals surface area contributed by atoms with Crippen LogP contribution in [-0.2, 0) is 5.41 Å². The average molecular weight is 441 g/mol. The van der Waals surface area contributed by atoms with E-state index in [4.69, 9.17) is 0 Å². The zero-order valence-electron chi connectivity index (χ0n) is 10.9. The number of halogens is 3. The van der Waals surface area contributed by atoms with E-state index in [9.17, 15) is 0 Å². The molecular formula is C15H21Br3. The van der Waals surface area contributed by atoms with E-state index in [2.05, 4.69) is 79.0 Å². The van der Waals surface area contributed by atoms with Gasteiger partial charge in [-0.15, -0.1) is 0 Å². The first kappa shape index (κ1) is 16.7. The largest absolute Gasteiger partial charge is 0.0918 e. The topological polar surface area (TPSA) is 0 Å². The minimum Gasteiger partial charge on any atom is -0.0918 e. The molecule has 18 heavy (non-hydrogen) atoms. The van der Waals surface area contributed by atoms with Gasteiger partial charge in [-0.2, -0.15) is 0 Å². The lowest BCUT2D eigenvalue weighted by atomic mass is 9.80. The summed E-state index contributed by atoms with van der Waals surface area (Å²) >= 11 is 11.0. The first-order valence-corrected chi connectivity index (χ1v) is 9.60. The molecule has 0 fully saturated rings. The lowest BCUT2D eigenvalue weighted by Crippen LogP contribution is -2.30. The second-order valence-electron chi connectivity index (χ2n) is 4.87. The fourth-order valence-corrected chi connectivity index (χ4v) is 4.71. The standard InChI is InChI=1S/C15H21Br3/c1-2-3-4-5-9-15(11-16,12-17)13-7-6-8-14(18)10-13/h6-8,10H,2-5,9,11-12H2,1H3. The monoisotopic (exact) mass is 438 g/mol. The van der Waals surface area contributed by atoms with Crippen LogP contribution in [0.1, 0.15) is 44.6 Å². The van der Waals surface area contributed by atoms with Crippen LogP contribution in [0.25, 0.3) is 0 Å². The summed E-state index contributed by atoms with van der Waals surface area (Å²) in [4.78, 5) is 0. The highest BCUT2D eigenvalue weighted by molar-refractivity contribution is 9.10. The van der Waals surface area contributed by atoms with Crippen molar-refractivity contribution in [2.75, 3.05) is 10.7 Å². The average Bonchev–Trinajstić information content (AvgIpc) is 2.40. The minimum absolute atomic E-state index is 0.220. The minimum atomic E-state index is 0.220. The maximum Gasteiger partial charge on any atom is 0.0178 e. The summed E-state index contributed by atoms with van der Waals surface area (Å²) in [5.41, 5.74) is 1.64. The van der Waals surface area contributed by atoms with Crippen LogP contribution in [0.3, 0.4) is 0 Å². The number of alkyl halides is 2. The number of benzene rings is 1. The maximum absolute atomic E-state index is 3.72. The first-order chi connectivity index (χ1) is 8.68. The summed E-state index contributed by atoms with van der Waals surface area (Å²) in [6.07, 6.45) is 6.52. The lowest BCUT2D eigenvalue weighted by Gasteiger charge is -2.31. The third-order valence-electron chi connectivity index (χ3n) is 3.46. The van der Waals surface area contributed by atoms with Crippen molar-refractivity contribution >= 4 is 47.8 Å².